The molecular weight excluding hydrogens is 398 g/mol. The number of ether oxygens (including phenoxy) is 1. The van der Waals surface area contributed by atoms with Gasteiger partial charge < -0.3 is 14.5 Å². The number of anilines is 1. The molecule has 1 atom stereocenters. The molecule has 0 radical (unpaired) electrons. The van der Waals surface area contributed by atoms with Gasteiger partial charge in [-0.3, -0.25) is 9.69 Å². The second kappa shape index (κ2) is 11.4. The zero-order valence-electron chi connectivity index (χ0n) is 20.3. The van der Waals surface area contributed by atoms with Crippen molar-refractivity contribution in [2.24, 2.45) is 5.92 Å². The van der Waals surface area contributed by atoms with Gasteiger partial charge in [-0.05, 0) is 48.7 Å². The second-order valence-electron chi connectivity index (χ2n) is 9.03. The van der Waals surface area contributed by atoms with Gasteiger partial charge in [-0.25, -0.2) is 0 Å². The molecule has 5 heteroatoms. The maximum atomic E-state index is 13.3. The molecule has 0 spiro atoms. The van der Waals surface area contributed by atoms with Crippen LogP contribution in [0.3, 0.4) is 0 Å². The van der Waals surface area contributed by atoms with E-state index >= 15 is 0 Å². The molecule has 1 aliphatic heterocycles. The van der Waals surface area contributed by atoms with Crippen molar-refractivity contribution < 1.29 is 10.9 Å². The predicted molar refractivity (Wildman–Crippen MR) is 130 cm³/mol. The van der Waals surface area contributed by atoms with Crippen molar-refractivity contribution in [3.8, 4) is 5.75 Å². The van der Waals surface area contributed by atoms with Crippen molar-refractivity contribution in [1.82, 2.24) is 9.80 Å². The SMILES string of the molecule is [2H]C(c1ccc(OC)cc1)N(CC(=O)N1CCN(CCC2CCCC2)CC1)c1ccccc1. The van der Waals surface area contributed by atoms with Crippen LogP contribution in [0.2, 0.25) is 0 Å². The van der Waals surface area contributed by atoms with E-state index in [-0.39, 0.29) is 12.5 Å². The first kappa shape index (κ1) is 21.3. The molecule has 0 N–H and O–H groups in total. The Hall–Kier alpha value is -2.53. The molecule has 1 amide bonds. The van der Waals surface area contributed by atoms with Crippen molar-refractivity contribution in [2.45, 2.75) is 38.6 Å². The number of nitrogens with zero attached hydrogens (tertiary/aromatic N) is 3. The molecule has 1 saturated carbocycles. The van der Waals surface area contributed by atoms with E-state index < -0.39 is 6.52 Å². The van der Waals surface area contributed by atoms with Crippen LogP contribution in [-0.2, 0) is 11.3 Å². The highest BCUT2D eigenvalue weighted by atomic mass is 16.5. The Labute approximate surface area is 194 Å². The number of carbonyl (C=O) groups is 1. The molecule has 1 saturated heterocycles. The quantitative estimate of drug-likeness (QED) is 0.583. The van der Waals surface area contributed by atoms with E-state index in [0.717, 1.165) is 55.6 Å². The van der Waals surface area contributed by atoms with Gasteiger partial charge in [0.15, 0.2) is 0 Å². The normalized spacial score (nSPS) is 18.9. The Kier molecular flexibility index (Phi) is 7.58. The van der Waals surface area contributed by atoms with E-state index in [1.165, 1.54) is 32.1 Å². The predicted octanol–water partition coefficient (Wildman–Crippen LogP) is 4.43. The van der Waals surface area contributed by atoms with Gasteiger partial charge >= 0.3 is 0 Å². The van der Waals surface area contributed by atoms with E-state index in [1.807, 2.05) is 64.4 Å². The van der Waals surface area contributed by atoms with Gasteiger partial charge in [-0.1, -0.05) is 56.0 Å². The highest BCUT2D eigenvalue weighted by Gasteiger charge is 2.24. The summed E-state index contributed by atoms with van der Waals surface area (Å²) in [5.74, 6) is 1.77. The molecule has 2 aromatic carbocycles. The lowest BCUT2D eigenvalue weighted by atomic mass is 10.0. The lowest BCUT2D eigenvalue weighted by molar-refractivity contribution is -0.131. The molecule has 0 bridgehead atoms. The zero-order chi connectivity index (χ0) is 23.0. The van der Waals surface area contributed by atoms with Crippen LogP contribution in [0.15, 0.2) is 54.6 Å². The van der Waals surface area contributed by atoms with Crippen molar-refractivity contribution >= 4 is 11.6 Å². The minimum absolute atomic E-state index is 0.0973. The van der Waals surface area contributed by atoms with E-state index in [4.69, 9.17) is 6.11 Å². The number of para-hydroxylation sites is 1. The van der Waals surface area contributed by atoms with Gasteiger partial charge in [0.1, 0.15) is 5.75 Å². The maximum Gasteiger partial charge on any atom is 0.242 e. The third-order valence-electron chi connectivity index (χ3n) is 6.87. The number of benzene rings is 2. The third-order valence-corrected chi connectivity index (χ3v) is 6.87. The first-order valence-corrected chi connectivity index (χ1v) is 12.0. The van der Waals surface area contributed by atoms with Crippen LogP contribution in [0.25, 0.3) is 0 Å². The number of rotatable bonds is 9. The number of methoxy groups -OCH3 is 1. The van der Waals surface area contributed by atoms with Crippen molar-refractivity contribution in [3.05, 3.63) is 60.2 Å². The van der Waals surface area contributed by atoms with Crippen LogP contribution in [0.5, 0.6) is 5.75 Å². The lowest BCUT2D eigenvalue weighted by Crippen LogP contribution is -2.51. The summed E-state index contributed by atoms with van der Waals surface area (Å²) in [4.78, 5) is 19.6. The summed E-state index contributed by atoms with van der Waals surface area (Å²) in [5, 5.41) is 0. The van der Waals surface area contributed by atoms with Crippen LogP contribution in [0, 0.1) is 5.92 Å². The Morgan fingerprint density at radius 2 is 1.72 bits per heavy atom. The average Bonchev–Trinajstić information content (AvgIpc) is 3.40. The summed E-state index contributed by atoms with van der Waals surface area (Å²) in [6, 6.07) is 17.4. The molecule has 172 valence electrons. The molecule has 1 aliphatic carbocycles. The van der Waals surface area contributed by atoms with Crippen molar-refractivity contribution in [1.29, 1.82) is 0 Å². The molecule has 1 heterocycles. The number of carbonyl (C=O) groups excluding carboxylic acids is 1. The fraction of sp³-hybridized carbons (Fsp3) is 0.519. The number of amides is 1. The number of hydrogen-bond acceptors (Lipinski definition) is 4. The molecule has 2 aromatic rings. The van der Waals surface area contributed by atoms with Gasteiger partial charge in [0, 0.05) is 38.4 Å². The Morgan fingerprint density at radius 3 is 2.38 bits per heavy atom. The van der Waals surface area contributed by atoms with Crippen molar-refractivity contribution in [3.63, 3.8) is 0 Å². The number of piperazine rings is 1. The van der Waals surface area contributed by atoms with Gasteiger partial charge in [0.2, 0.25) is 5.91 Å². The van der Waals surface area contributed by atoms with Crippen LogP contribution < -0.4 is 9.64 Å². The summed E-state index contributed by atoms with van der Waals surface area (Å²) in [6.07, 6.45) is 6.90. The monoisotopic (exact) mass is 436 g/mol. The standard InChI is InChI=1S/C27H37N3O2/c1-32-26-13-11-24(12-14-26)21-30(25-9-3-2-4-10-25)22-27(31)29-19-17-28(18-20-29)16-15-23-7-5-6-8-23/h2-4,9-14,23H,5-8,15-22H2,1H3/i21D. The molecule has 5 nitrogen and oxygen atoms in total. The first-order valence-electron chi connectivity index (χ1n) is 12.6. The Balaban J connectivity index is 1.36. The molecule has 1 unspecified atom stereocenters. The van der Waals surface area contributed by atoms with Gasteiger partial charge in [0.25, 0.3) is 0 Å². The summed E-state index contributed by atoms with van der Waals surface area (Å²) in [7, 11) is 1.64. The molecule has 2 aliphatic rings. The average molecular weight is 437 g/mol. The Bertz CT molecular complexity index is 863. The summed E-state index contributed by atoms with van der Waals surface area (Å²) in [5.41, 5.74) is 1.72. The lowest BCUT2D eigenvalue weighted by Gasteiger charge is -2.36. The largest absolute Gasteiger partial charge is 0.497 e. The highest BCUT2D eigenvalue weighted by molar-refractivity contribution is 5.81. The van der Waals surface area contributed by atoms with Gasteiger partial charge in [-0.2, -0.15) is 0 Å². The van der Waals surface area contributed by atoms with Crippen LogP contribution in [0.1, 0.15) is 39.0 Å². The minimum atomic E-state index is -0.671. The van der Waals surface area contributed by atoms with Crippen LogP contribution in [-0.4, -0.2) is 62.1 Å². The first-order chi connectivity index (χ1) is 16.1. The van der Waals surface area contributed by atoms with E-state index in [1.54, 1.807) is 7.11 Å². The van der Waals surface area contributed by atoms with Gasteiger partial charge in [-0.15, -0.1) is 0 Å². The molecule has 0 aromatic heterocycles. The molecule has 2 fully saturated rings. The molecule has 4 rings (SSSR count). The smallest absolute Gasteiger partial charge is 0.242 e. The fourth-order valence-corrected chi connectivity index (χ4v) is 4.83. The van der Waals surface area contributed by atoms with Crippen molar-refractivity contribution in [2.75, 3.05) is 51.3 Å². The molecule has 32 heavy (non-hydrogen) atoms. The zero-order valence-corrected chi connectivity index (χ0v) is 19.3. The minimum Gasteiger partial charge on any atom is -0.497 e. The van der Waals surface area contributed by atoms with E-state index in [2.05, 4.69) is 4.90 Å². The maximum absolute atomic E-state index is 13.3. The third kappa shape index (κ3) is 6.26. The summed E-state index contributed by atoms with van der Waals surface area (Å²) >= 11 is 0. The second-order valence-corrected chi connectivity index (χ2v) is 9.03. The number of hydrogen-bond donors (Lipinski definition) is 0. The summed E-state index contributed by atoms with van der Waals surface area (Å²) < 4.78 is 14.2. The highest BCUT2D eigenvalue weighted by Crippen LogP contribution is 2.27. The van der Waals surface area contributed by atoms with Crippen LogP contribution >= 0.6 is 0 Å². The van der Waals surface area contributed by atoms with Crippen LogP contribution in [0.4, 0.5) is 5.69 Å². The van der Waals surface area contributed by atoms with Gasteiger partial charge in [0.05, 0.1) is 15.0 Å². The molecular formula is C27H37N3O2. The summed E-state index contributed by atoms with van der Waals surface area (Å²) in [6.45, 7) is 4.14. The fourth-order valence-electron chi connectivity index (χ4n) is 4.83. The van der Waals surface area contributed by atoms with E-state index in [9.17, 15) is 4.79 Å². The Morgan fingerprint density at radius 1 is 1.03 bits per heavy atom. The topological polar surface area (TPSA) is 36.0 Å². The van der Waals surface area contributed by atoms with E-state index in [0.29, 0.717) is 0 Å².